The molecule has 0 N–H and O–H groups in total. The number of Topliss-reactive ketones (excluding diaryl/α,β-unsaturated/α-hetero) is 1. The molecule has 2 bridgehead atoms. The van der Waals surface area contributed by atoms with E-state index in [1.807, 2.05) is 26.8 Å². The lowest BCUT2D eigenvalue weighted by atomic mass is 9.55. The lowest BCUT2D eigenvalue weighted by Gasteiger charge is -2.51. The van der Waals surface area contributed by atoms with Crippen molar-refractivity contribution < 1.29 is 47.7 Å². The maximum atomic E-state index is 15.2. The van der Waals surface area contributed by atoms with Gasteiger partial charge in [0.1, 0.15) is 23.9 Å². The van der Waals surface area contributed by atoms with Gasteiger partial charge in [-0.3, -0.25) is 24.2 Å². The Morgan fingerprint density at radius 2 is 1.83 bits per heavy atom. The summed E-state index contributed by atoms with van der Waals surface area (Å²) in [6.07, 6.45) is 3.81. The van der Waals surface area contributed by atoms with Gasteiger partial charge < -0.3 is 23.7 Å². The van der Waals surface area contributed by atoms with Crippen LogP contribution in [0, 0.1) is 29.1 Å². The Morgan fingerprint density at radius 3 is 2.43 bits per heavy atom. The summed E-state index contributed by atoms with van der Waals surface area (Å²) < 4.78 is 31.3. The molecular formula is C35H43NO10. The van der Waals surface area contributed by atoms with Crippen LogP contribution in [0.15, 0.2) is 48.8 Å². The molecule has 11 nitrogen and oxygen atoms in total. The summed E-state index contributed by atoms with van der Waals surface area (Å²) in [6.45, 7) is 14.1. The SMILES string of the molecule is C=C(C)C1C=C[C@@H](OC(=O)c2cccnc2)C23COC(C)(C(=O)[C@@]4(OC(C)=O)C[C@H](C)[C@H](OC(=O)CC)C4[C@H]2OC(=O)CCC)C13. The Hall–Kier alpha value is -3.86. The van der Waals surface area contributed by atoms with Gasteiger partial charge >= 0.3 is 23.9 Å². The van der Waals surface area contributed by atoms with Crippen LogP contribution in [0.2, 0.25) is 0 Å². The minimum Gasteiger partial charge on any atom is -0.461 e. The minimum absolute atomic E-state index is 0.00657. The Morgan fingerprint density at radius 1 is 1.09 bits per heavy atom. The normalized spacial score (nSPS) is 37.3. The zero-order chi connectivity index (χ0) is 33.6. The standard InChI is InChI=1S/C35H43NO10/c1-8-11-26(39)45-30-27-28(44-25(38)9-2)20(5)16-35(27,46-21(6)37)32(41)33(7)29-23(19(3)4)13-14-24(34(29,30)18-42-33)43-31(40)22-12-10-15-36-17-22/h10,12-15,17,20,23-24,27-30H,3,8-9,11,16,18H2,1-2,4-7H3/t20-,23?,24+,27?,28-,29?,30+,33?,34?,35+/m0/s1. The molecule has 3 fully saturated rings. The van der Waals surface area contributed by atoms with Gasteiger partial charge in [0.2, 0.25) is 5.78 Å². The van der Waals surface area contributed by atoms with E-state index in [4.69, 9.17) is 23.7 Å². The zero-order valence-corrected chi connectivity index (χ0v) is 27.3. The first kappa shape index (κ1) is 33.5. The fourth-order valence-corrected chi connectivity index (χ4v) is 8.50. The summed E-state index contributed by atoms with van der Waals surface area (Å²) in [5, 5.41) is 0. The van der Waals surface area contributed by atoms with E-state index in [1.165, 1.54) is 19.3 Å². The third-order valence-electron chi connectivity index (χ3n) is 10.2. The molecule has 1 aromatic rings. The molecule has 1 aromatic heterocycles. The summed E-state index contributed by atoms with van der Waals surface area (Å²) in [4.78, 5) is 72.1. The molecule has 10 atom stereocenters. The average Bonchev–Trinajstić information content (AvgIpc) is 3.46. The number of carbonyl (C=O) groups excluding carboxylic acids is 5. The maximum absolute atomic E-state index is 15.2. The molecular weight excluding hydrogens is 594 g/mol. The number of aromatic nitrogens is 1. The van der Waals surface area contributed by atoms with E-state index in [9.17, 15) is 19.2 Å². The quantitative estimate of drug-likeness (QED) is 0.217. The number of fused-ring (bicyclic) bond motifs is 1. The second-order valence-corrected chi connectivity index (χ2v) is 13.3. The molecule has 3 aliphatic carbocycles. The van der Waals surface area contributed by atoms with Crippen LogP contribution in [0.1, 0.15) is 77.6 Å². The van der Waals surface area contributed by atoms with Gasteiger partial charge in [-0.25, -0.2) is 4.79 Å². The number of ketones is 1. The largest absolute Gasteiger partial charge is 0.461 e. The van der Waals surface area contributed by atoms with Crippen molar-refractivity contribution >= 4 is 29.7 Å². The molecule has 1 saturated heterocycles. The molecule has 1 aliphatic heterocycles. The summed E-state index contributed by atoms with van der Waals surface area (Å²) >= 11 is 0. The smallest absolute Gasteiger partial charge is 0.340 e. The van der Waals surface area contributed by atoms with Crippen molar-refractivity contribution in [2.75, 3.05) is 6.61 Å². The lowest BCUT2D eigenvalue weighted by molar-refractivity contribution is -0.210. The highest BCUT2D eigenvalue weighted by Crippen LogP contribution is 2.67. The molecule has 4 aliphatic rings. The summed E-state index contributed by atoms with van der Waals surface area (Å²) in [5.74, 6) is -5.82. The van der Waals surface area contributed by atoms with Crippen molar-refractivity contribution in [3.05, 3.63) is 54.4 Å². The Kier molecular flexibility index (Phi) is 9.02. The fourth-order valence-electron chi connectivity index (χ4n) is 8.50. The molecule has 5 unspecified atom stereocenters. The average molecular weight is 638 g/mol. The van der Waals surface area contributed by atoms with Crippen LogP contribution in [0.4, 0.5) is 0 Å². The van der Waals surface area contributed by atoms with Gasteiger partial charge in [-0.05, 0) is 44.4 Å². The molecule has 11 heteroatoms. The fraction of sp³-hybridized carbons (Fsp3) is 0.600. The van der Waals surface area contributed by atoms with E-state index in [0.29, 0.717) is 12.0 Å². The van der Waals surface area contributed by atoms with Crippen LogP contribution in [0.3, 0.4) is 0 Å². The first-order valence-electron chi connectivity index (χ1n) is 16.0. The highest BCUT2D eigenvalue weighted by Gasteiger charge is 2.81. The summed E-state index contributed by atoms with van der Waals surface area (Å²) in [7, 11) is 0. The second-order valence-electron chi connectivity index (χ2n) is 13.3. The predicted octanol–water partition coefficient (Wildman–Crippen LogP) is 4.33. The first-order chi connectivity index (χ1) is 21.8. The molecule has 0 amide bonds. The van der Waals surface area contributed by atoms with Gasteiger partial charge in [0.25, 0.3) is 0 Å². The van der Waals surface area contributed by atoms with Crippen LogP contribution in [0.25, 0.3) is 0 Å². The molecule has 5 rings (SSSR count). The van der Waals surface area contributed by atoms with Crippen LogP contribution in [-0.4, -0.2) is 70.8 Å². The number of allylic oxidation sites excluding steroid dienone is 2. The Bertz CT molecular complexity index is 1460. The molecule has 46 heavy (non-hydrogen) atoms. The number of ether oxygens (including phenoxy) is 5. The monoisotopic (exact) mass is 637 g/mol. The van der Waals surface area contributed by atoms with E-state index >= 15 is 4.79 Å². The van der Waals surface area contributed by atoms with Gasteiger partial charge in [-0.1, -0.05) is 39.0 Å². The van der Waals surface area contributed by atoms with E-state index in [0.717, 1.165) is 0 Å². The van der Waals surface area contributed by atoms with Crippen molar-refractivity contribution in [2.24, 2.45) is 29.1 Å². The number of hydrogen-bond donors (Lipinski definition) is 0. The maximum Gasteiger partial charge on any atom is 0.340 e. The van der Waals surface area contributed by atoms with Crippen molar-refractivity contribution in [3.63, 3.8) is 0 Å². The molecule has 0 spiro atoms. The number of esters is 4. The van der Waals surface area contributed by atoms with Gasteiger partial charge in [0.15, 0.2) is 5.60 Å². The van der Waals surface area contributed by atoms with Gasteiger partial charge in [-0.15, -0.1) is 0 Å². The zero-order valence-electron chi connectivity index (χ0n) is 27.3. The van der Waals surface area contributed by atoms with E-state index in [1.54, 1.807) is 32.1 Å². The van der Waals surface area contributed by atoms with Crippen LogP contribution < -0.4 is 0 Å². The molecule has 2 saturated carbocycles. The van der Waals surface area contributed by atoms with Crippen molar-refractivity contribution in [3.8, 4) is 0 Å². The second kappa shape index (κ2) is 12.4. The summed E-state index contributed by atoms with van der Waals surface area (Å²) in [5.41, 5.74) is -3.94. The number of rotatable bonds is 9. The highest BCUT2D eigenvalue weighted by molar-refractivity contribution is 5.98. The number of hydrogen-bond acceptors (Lipinski definition) is 11. The topological polar surface area (TPSA) is 144 Å². The van der Waals surface area contributed by atoms with Crippen LogP contribution in [-0.2, 0) is 42.9 Å². The predicted molar refractivity (Wildman–Crippen MR) is 163 cm³/mol. The van der Waals surface area contributed by atoms with Crippen molar-refractivity contribution in [1.82, 2.24) is 4.98 Å². The van der Waals surface area contributed by atoms with E-state index < -0.39 is 88.3 Å². The van der Waals surface area contributed by atoms with Crippen molar-refractivity contribution in [2.45, 2.75) is 96.7 Å². The van der Waals surface area contributed by atoms with E-state index in [-0.39, 0.29) is 31.4 Å². The first-order valence-corrected chi connectivity index (χ1v) is 16.0. The number of carbonyl (C=O) groups is 5. The van der Waals surface area contributed by atoms with Gasteiger partial charge in [0, 0.05) is 50.4 Å². The summed E-state index contributed by atoms with van der Waals surface area (Å²) in [6, 6.07) is 3.18. The molecule has 248 valence electrons. The number of pyridine rings is 1. The van der Waals surface area contributed by atoms with Gasteiger partial charge in [-0.2, -0.15) is 0 Å². The van der Waals surface area contributed by atoms with Crippen LogP contribution in [0.5, 0.6) is 0 Å². The Balaban J connectivity index is 1.81. The molecule has 2 heterocycles. The van der Waals surface area contributed by atoms with E-state index in [2.05, 4.69) is 11.6 Å². The molecule has 0 radical (unpaired) electrons. The minimum atomic E-state index is -1.88. The number of nitrogens with zero attached hydrogens (tertiary/aromatic N) is 1. The Labute approximate surface area is 269 Å². The van der Waals surface area contributed by atoms with Crippen LogP contribution >= 0.6 is 0 Å². The molecule has 0 aromatic carbocycles. The third kappa shape index (κ3) is 5.16. The van der Waals surface area contributed by atoms with Gasteiger partial charge in [0.05, 0.1) is 23.5 Å². The third-order valence-corrected chi connectivity index (χ3v) is 10.2. The lowest BCUT2D eigenvalue weighted by Crippen LogP contribution is -2.62. The van der Waals surface area contributed by atoms with Crippen molar-refractivity contribution in [1.29, 1.82) is 0 Å². The highest BCUT2D eigenvalue weighted by atomic mass is 16.6.